The molecule has 2 aliphatic rings. The molecule has 20 heavy (non-hydrogen) atoms. The SMILES string of the molecule is CNCCC1CCCCN1C(=O)CCC1CCCCO1. The molecule has 2 fully saturated rings. The highest BCUT2D eigenvalue weighted by atomic mass is 16.5. The molecule has 0 aromatic carbocycles. The summed E-state index contributed by atoms with van der Waals surface area (Å²) >= 11 is 0. The van der Waals surface area contributed by atoms with Crippen molar-refractivity contribution in [3.63, 3.8) is 0 Å². The third kappa shape index (κ3) is 4.74. The lowest BCUT2D eigenvalue weighted by molar-refractivity contribution is -0.136. The molecule has 2 heterocycles. The first-order chi connectivity index (χ1) is 9.81. The zero-order valence-electron chi connectivity index (χ0n) is 12.9. The fourth-order valence-electron chi connectivity index (χ4n) is 3.40. The molecule has 2 rings (SSSR count). The Morgan fingerprint density at radius 2 is 2.05 bits per heavy atom. The van der Waals surface area contributed by atoms with Gasteiger partial charge in [0.15, 0.2) is 0 Å². The first-order valence-electron chi connectivity index (χ1n) is 8.37. The number of carbonyl (C=O) groups excluding carboxylic acids is 1. The number of rotatable bonds is 6. The normalized spacial score (nSPS) is 27.6. The quantitative estimate of drug-likeness (QED) is 0.813. The van der Waals surface area contributed by atoms with Crippen molar-refractivity contribution < 1.29 is 9.53 Å². The van der Waals surface area contributed by atoms with Gasteiger partial charge in [-0.2, -0.15) is 0 Å². The van der Waals surface area contributed by atoms with Gasteiger partial charge >= 0.3 is 0 Å². The number of likely N-dealkylation sites (tertiary alicyclic amines) is 1. The van der Waals surface area contributed by atoms with E-state index in [9.17, 15) is 4.79 Å². The van der Waals surface area contributed by atoms with Gasteiger partial charge in [-0.25, -0.2) is 0 Å². The Hall–Kier alpha value is -0.610. The molecule has 2 saturated heterocycles. The van der Waals surface area contributed by atoms with Crippen molar-refractivity contribution >= 4 is 5.91 Å². The van der Waals surface area contributed by atoms with Crippen LogP contribution in [-0.4, -0.2) is 49.7 Å². The highest BCUT2D eigenvalue weighted by molar-refractivity contribution is 5.76. The average molecular weight is 282 g/mol. The molecule has 4 heteroatoms. The molecular formula is C16H30N2O2. The molecule has 2 unspecified atom stereocenters. The second kappa shape index (κ2) is 8.63. The van der Waals surface area contributed by atoms with Crippen molar-refractivity contribution in [2.75, 3.05) is 26.7 Å². The van der Waals surface area contributed by atoms with E-state index in [1.54, 1.807) is 0 Å². The maximum atomic E-state index is 12.5. The summed E-state index contributed by atoms with van der Waals surface area (Å²) < 4.78 is 5.73. The predicted octanol–water partition coefficient (Wildman–Crippen LogP) is 2.33. The lowest BCUT2D eigenvalue weighted by atomic mass is 9.98. The van der Waals surface area contributed by atoms with Crippen LogP contribution in [0.4, 0.5) is 0 Å². The maximum Gasteiger partial charge on any atom is 0.222 e. The Bertz CT molecular complexity index is 290. The van der Waals surface area contributed by atoms with E-state index in [2.05, 4.69) is 10.2 Å². The van der Waals surface area contributed by atoms with Gasteiger partial charge in [-0.05, 0) is 65.0 Å². The van der Waals surface area contributed by atoms with Gasteiger partial charge in [0.05, 0.1) is 6.10 Å². The lowest BCUT2D eigenvalue weighted by Gasteiger charge is -2.36. The van der Waals surface area contributed by atoms with Crippen molar-refractivity contribution in [2.45, 2.75) is 69.9 Å². The van der Waals surface area contributed by atoms with E-state index in [0.717, 1.165) is 39.0 Å². The zero-order chi connectivity index (χ0) is 14.2. The third-order valence-corrected chi connectivity index (χ3v) is 4.63. The molecular weight excluding hydrogens is 252 g/mol. The second-order valence-corrected chi connectivity index (χ2v) is 6.16. The first kappa shape index (κ1) is 15.8. The van der Waals surface area contributed by atoms with Crippen molar-refractivity contribution in [2.24, 2.45) is 0 Å². The smallest absolute Gasteiger partial charge is 0.222 e. The summed E-state index contributed by atoms with van der Waals surface area (Å²) in [6, 6.07) is 0.455. The Kier molecular flexibility index (Phi) is 6.80. The number of nitrogens with zero attached hydrogens (tertiary/aromatic N) is 1. The Morgan fingerprint density at radius 1 is 1.20 bits per heavy atom. The van der Waals surface area contributed by atoms with Crippen LogP contribution in [-0.2, 0) is 9.53 Å². The molecule has 4 nitrogen and oxygen atoms in total. The van der Waals surface area contributed by atoms with E-state index in [0.29, 0.717) is 24.5 Å². The van der Waals surface area contributed by atoms with Crippen LogP contribution in [0.5, 0.6) is 0 Å². The van der Waals surface area contributed by atoms with Crippen LogP contribution >= 0.6 is 0 Å². The van der Waals surface area contributed by atoms with Crippen molar-refractivity contribution in [3.05, 3.63) is 0 Å². The van der Waals surface area contributed by atoms with Gasteiger partial charge in [-0.1, -0.05) is 0 Å². The Labute approximate surface area is 123 Å². The molecule has 0 spiro atoms. The largest absolute Gasteiger partial charge is 0.378 e. The van der Waals surface area contributed by atoms with E-state index in [-0.39, 0.29) is 0 Å². The monoisotopic (exact) mass is 282 g/mol. The van der Waals surface area contributed by atoms with Gasteiger partial charge in [0, 0.05) is 25.6 Å². The molecule has 0 bridgehead atoms. The molecule has 1 amide bonds. The zero-order valence-corrected chi connectivity index (χ0v) is 12.9. The number of nitrogens with one attached hydrogen (secondary N) is 1. The molecule has 2 aliphatic heterocycles. The molecule has 0 radical (unpaired) electrons. The third-order valence-electron chi connectivity index (χ3n) is 4.63. The van der Waals surface area contributed by atoms with E-state index in [1.807, 2.05) is 7.05 Å². The van der Waals surface area contributed by atoms with E-state index in [4.69, 9.17) is 4.74 Å². The summed E-state index contributed by atoms with van der Waals surface area (Å²) in [4.78, 5) is 14.6. The molecule has 2 atom stereocenters. The fourth-order valence-corrected chi connectivity index (χ4v) is 3.40. The summed E-state index contributed by atoms with van der Waals surface area (Å²) in [6.07, 6.45) is 10.2. The topological polar surface area (TPSA) is 41.6 Å². The van der Waals surface area contributed by atoms with Crippen LogP contribution in [0.25, 0.3) is 0 Å². The van der Waals surface area contributed by atoms with E-state index in [1.165, 1.54) is 32.1 Å². The molecule has 0 aromatic heterocycles. The molecule has 0 aliphatic carbocycles. The van der Waals surface area contributed by atoms with Gasteiger partial charge in [0.2, 0.25) is 5.91 Å². The highest BCUT2D eigenvalue weighted by Gasteiger charge is 2.26. The van der Waals surface area contributed by atoms with Crippen LogP contribution in [0, 0.1) is 0 Å². The minimum absolute atomic E-state index is 0.327. The summed E-state index contributed by atoms with van der Waals surface area (Å²) in [5.74, 6) is 0.347. The first-order valence-corrected chi connectivity index (χ1v) is 8.37. The highest BCUT2D eigenvalue weighted by Crippen LogP contribution is 2.22. The van der Waals surface area contributed by atoms with Crippen LogP contribution in [0.3, 0.4) is 0 Å². The number of piperidine rings is 1. The van der Waals surface area contributed by atoms with Gasteiger partial charge in [-0.3, -0.25) is 4.79 Å². The summed E-state index contributed by atoms with van der Waals surface area (Å²) in [5.41, 5.74) is 0. The number of hydrogen-bond donors (Lipinski definition) is 1. The van der Waals surface area contributed by atoms with Crippen LogP contribution in [0.1, 0.15) is 57.8 Å². The number of hydrogen-bond acceptors (Lipinski definition) is 3. The molecule has 0 saturated carbocycles. The van der Waals surface area contributed by atoms with Crippen LogP contribution in [0.2, 0.25) is 0 Å². The number of amides is 1. The summed E-state index contributed by atoms with van der Waals surface area (Å²) in [6.45, 7) is 2.84. The molecule has 1 N–H and O–H groups in total. The maximum absolute atomic E-state index is 12.5. The van der Waals surface area contributed by atoms with Gasteiger partial charge in [-0.15, -0.1) is 0 Å². The lowest BCUT2D eigenvalue weighted by Crippen LogP contribution is -2.45. The minimum atomic E-state index is 0.327. The van der Waals surface area contributed by atoms with Gasteiger partial charge < -0.3 is 15.0 Å². The fraction of sp³-hybridized carbons (Fsp3) is 0.938. The van der Waals surface area contributed by atoms with Crippen LogP contribution < -0.4 is 5.32 Å². The number of carbonyl (C=O) groups is 1. The second-order valence-electron chi connectivity index (χ2n) is 6.16. The molecule has 116 valence electrons. The minimum Gasteiger partial charge on any atom is -0.378 e. The predicted molar refractivity (Wildman–Crippen MR) is 80.7 cm³/mol. The summed E-state index contributed by atoms with van der Waals surface area (Å²) in [5, 5.41) is 3.20. The standard InChI is InChI=1S/C16H30N2O2/c1-17-11-10-14-6-2-4-12-18(14)16(19)9-8-15-7-3-5-13-20-15/h14-15,17H,2-13H2,1H3. The van der Waals surface area contributed by atoms with E-state index < -0.39 is 0 Å². The Balaban J connectivity index is 1.76. The summed E-state index contributed by atoms with van der Waals surface area (Å²) in [7, 11) is 1.98. The van der Waals surface area contributed by atoms with Crippen molar-refractivity contribution in [3.8, 4) is 0 Å². The van der Waals surface area contributed by atoms with Gasteiger partial charge in [0.25, 0.3) is 0 Å². The Morgan fingerprint density at radius 3 is 2.80 bits per heavy atom. The van der Waals surface area contributed by atoms with Crippen molar-refractivity contribution in [1.82, 2.24) is 10.2 Å². The van der Waals surface area contributed by atoms with E-state index >= 15 is 0 Å². The van der Waals surface area contributed by atoms with Crippen LogP contribution in [0.15, 0.2) is 0 Å². The number of ether oxygens (including phenoxy) is 1. The van der Waals surface area contributed by atoms with Gasteiger partial charge in [0.1, 0.15) is 0 Å². The average Bonchev–Trinajstić information content (AvgIpc) is 2.52. The van der Waals surface area contributed by atoms with Crippen molar-refractivity contribution in [1.29, 1.82) is 0 Å². The molecule has 0 aromatic rings.